The van der Waals surface area contributed by atoms with Crippen LogP contribution in [0.5, 0.6) is 0 Å². The number of hydrogen-bond donors (Lipinski definition) is 0. The molecule has 2 aliphatic rings. The van der Waals surface area contributed by atoms with Crippen LogP contribution in [-0.2, 0) is 11.2 Å². The van der Waals surface area contributed by atoms with Gasteiger partial charge in [0.1, 0.15) is 6.42 Å². The Labute approximate surface area is 188 Å². The van der Waals surface area contributed by atoms with E-state index in [4.69, 9.17) is 32.2 Å². The minimum atomic E-state index is 0.0394. The first-order valence-corrected chi connectivity index (χ1v) is 11.0. The quantitative estimate of drug-likeness (QED) is 0.565. The largest absolute Gasteiger partial charge is 0.342 e. The number of carbonyl (C=O) groups is 1. The average molecular weight is 462 g/mol. The molecule has 5 rings (SSSR count). The summed E-state index contributed by atoms with van der Waals surface area (Å²) >= 11 is 12.1. The summed E-state index contributed by atoms with van der Waals surface area (Å²) in [6.45, 7) is 3.24. The van der Waals surface area contributed by atoms with Crippen molar-refractivity contribution in [2.24, 2.45) is 5.41 Å². The molecule has 0 N–H and O–H groups in total. The molecule has 0 bridgehead atoms. The van der Waals surface area contributed by atoms with Gasteiger partial charge in [-0.05, 0) is 56.2 Å². The highest BCUT2D eigenvalue weighted by molar-refractivity contribution is 6.42. The molecule has 1 amide bonds. The Morgan fingerprint density at radius 3 is 2.58 bits per heavy atom. The van der Waals surface area contributed by atoms with Crippen molar-refractivity contribution in [3.05, 3.63) is 45.9 Å². The van der Waals surface area contributed by atoms with Crippen molar-refractivity contribution < 1.29 is 13.8 Å². The number of carbonyl (C=O) groups excluding carboxylic acids is 1. The normalized spacial score (nSPS) is 18.4. The SMILES string of the molecule is Cc1noc(CC(=O)N2CCC3(CC2)CC(c2nc(-c4ccc(Cl)c(Cl)c4)no2)C3)n1. The number of rotatable bonds is 4. The van der Waals surface area contributed by atoms with Crippen molar-refractivity contribution in [3.8, 4) is 11.4 Å². The molecule has 2 aromatic heterocycles. The minimum Gasteiger partial charge on any atom is -0.342 e. The smallest absolute Gasteiger partial charge is 0.236 e. The number of piperidine rings is 1. The van der Waals surface area contributed by atoms with E-state index >= 15 is 0 Å². The number of hydrogen-bond acceptors (Lipinski definition) is 7. The van der Waals surface area contributed by atoms with Gasteiger partial charge in [-0.25, -0.2) is 0 Å². The van der Waals surface area contributed by atoms with Gasteiger partial charge in [-0.15, -0.1) is 0 Å². The van der Waals surface area contributed by atoms with Crippen LogP contribution in [0.2, 0.25) is 10.0 Å². The fourth-order valence-electron chi connectivity index (χ4n) is 4.61. The highest BCUT2D eigenvalue weighted by Gasteiger charge is 2.48. The fourth-order valence-corrected chi connectivity index (χ4v) is 4.90. The van der Waals surface area contributed by atoms with Crippen molar-refractivity contribution in [2.45, 2.75) is 44.9 Å². The van der Waals surface area contributed by atoms with E-state index in [9.17, 15) is 4.79 Å². The molecule has 0 atom stereocenters. The molecule has 1 saturated carbocycles. The highest BCUT2D eigenvalue weighted by Crippen LogP contribution is 2.56. The van der Waals surface area contributed by atoms with Crippen LogP contribution in [0.4, 0.5) is 0 Å². The van der Waals surface area contributed by atoms with Crippen LogP contribution >= 0.6 is 23.2 Å². The first kappa shape index (κ1) is 20.5. The molecule has 1 saturated heterocycles. The lowest BCUT2D eigenvalue weighted by Gasteiger charge is -2.51. The van der Waals surface area contributed by atoms with Crippen molar-refractivity contribution in [1.29, 1.82) is 0 Å². The van der Waals surface area contributed by atoms with Crippen molar-refractivity contribution >= 4 is 29.1 Å². The van der Waals surface area contributed by atoms with Gasteiger partial charge in [0.2, 0.25) is 23.5 Å². The van der Waals surface area contributed by atoms with Gasteiger partial charge < -0.3 is 13.9 Å². The second kappa shape index (κ2) is 7.91. The number of nitrogens with zero attached hydrogens (tertiary/aromatic N) is 5. The maximum atomic E-state index is 12.5. The van der Waals surface area contributed by atoms with Gasteiger partial charge >= 0.3 is 0 Å². The molecule has 1 aromatic carbocycles. The van der Waals surface area contributed by atoms with E-state index < -0.39 is 0 Å². The molecule has 162 valence electrons. The maximum Gasteiger partial charge on any atom is 0.236 e. The third-order valence-electron chi connectivity index (χ3n) is 6.38. The fraction of sp³-hybridized carbons (Fsp3) is 0.476. The zero-order valence-corrected chi connectivity index (χ0v) is 18.5. The van der Waals surface area contributed by atoms with Crippen molar-refractivity contribution in [2.75, 3.05) is 13.1 Å². The molecule has 1 aliphatic heterocycles. The molecule has 1 aliphatic carbocycles. The first-order chi connectivity index (χ1) is 14.9. The molecule has 2 fully saturated rings. The second-order valence-electron chi connectivity index (χ2n) is 8.48. The molecule has 8 nitrogen and oxygen atoms in total. The van der Waals surface area contributed by atoms with Gasteiger partial charge in [0.05, 0.1) is 10.0 Å². The Morgan fingerprint density at radius 2 is 1.90 bits per heavy atom. The summed E-state index contributed by atoms with van der Waals surface area (Å²) in [5.74, 6) is 2.40. The lowest BCUT2D eigenvalue weighted by Crippen LogP contribution is -2.48. The van der Waals surface area contributed by atoms with E-state index in [0.29, 0.717) is 33.5 Å². The Balaban J connectivity index is 1.16. The van der Waals surface area contributed by atoms with E-state index in [2.05, 4.69) is 20.3 Å². The molecular weight excluding hydrogens is 441 g/mol. The summed E-state index contributed by atoms with van der Waals surface area (Å²) in [6.07, 6.45) is 4.12. The standard InChI is InChI=1S/C21H21Cl2N5O3/c1-12-24-17(30-26-12)9-18(29)28-6-4-21(5-7-28)10-14(11-21)20-25-19(27-31-20)13-2-3-15(22)16(23)8-13/h2-3,8,14H,4-7,9-11H2,1H3. The zero-order chi connectivity index (χ0) is 21.6. The Hall–Kier alpha value is -2.45. The predicted octanol–water partition coefficient (Wildman–Crippen LogP) is 4.46. The number of benzene rings is 1. The monoisotopic (exact) mass is 461 g/mol. The van der Waals surface area contributed by atoms with Crippen molar-refractivity contribution in [1.82, 2.24) is 25.2 Å². The number of likely N-dealkylation sites (tertiary alicyclic amines) is 1. The molecule has 0 unspecified atom stereocenters. The lowest BCUT2D eigenvalue weighted by molar-refractivity contribution is -0.134. The molecule has 1 spiro atoms. The Morgan fingerprint density at radius 1 is 1.13 bits per heavy atom. The number of halogens is 2. The van der Waals surface area contributed by atoms with E-state index in [1.54, 1.807) is 19.1 Å². The summed E-state index contributed by atoms with van der Waals surface area (Å²) in [4.78, 5) is 23.1. The summed E-state index contributed by atoms with van der Waals surface area (Å²) in [5, 5.41) is 8.80. The highest BCUT2D eigenvalue weighted by atomic mass is 35.5. The molecule has 31 heavy (non-hydrogen) atoms. The van der Waals surface area contributed by atoms with E-state index in [1.165, 1.54) is 0 Å². The van der Waals surface area contributed by atoms with Gasteiger partial charge in [0.25, 0.3) is 0 Å². The van der Waals surface area contributed by atoms with Crippen LogP contribution in [0.25, 0.3) is 11.4 Å². The van der Waals surface area contributed by atoms with Crippen LogP contribution in [0.1, 0.15) is 49.2 Å². The second-order valence-corrected chi connectivity index (χ2v) is 9.30. The Bertz CT molecular complexity index is 1110. The molecule has 3 aromatic rings. The van der Waals surface area contributed by atoms with Crippen LogP contribution in [-0.4, -0.2) is 44.2 Å². The molecule has 0 radical (unpaired) electrons. The maximum absolute atomic E-state index is 12.5. The van der Waals surface area contributed by atoms with Gasteiger partial charge in [-0.3, -0.25) is 4.79 Å². The lowest BCUT2D eigenvalue weighted by atomic mass is 9.57. The summed E-state index contributed by atoms with van der Waals surface area (Å²) < 4.78 is 10.6. The van der Waals surface area contributed by atoms with E-state index in [0.717, 1.165) is 44.3 Å². The van der Waals surface area contributed by atoms with Gasteiger partial charge in [-0.1, -0.05) is 33.5 Å². The van der Waals surface area contributed by atoms with E-state index in [1.807, 2.05) is 11.0 Å². The molecule has 3 heterocycles. The van der Waals surface area contributed by atoms with Crippen molar-refractivity contribution in [3.63, 3.8) is 0 Å². The number of aryl methyl sites for hydroxylation is 1. The van der Waals surface area contributed by atoms with Crippen LogP contribution in [0.3, 0.4) is 0 Å². The van der Waals surface area contributed by atoms with Gasteiger partial charge in [-0.2, -0.15) is 9.97 Å². The summed E-state index contributed by atoms with van der Waals surface area (Å²) in [6, 6.07) is 5.29. The topological polar surface area (TPSA) is 98.2 Å². The van der Waals surface area contributed by atoms with Gasteiger partial charge in [0, 0.05) is 24.6 Å². The minimum absolute atomic E-state index is 0.0394. The molecular formula is C21H21Cl2N5O3. The summed E-state index contributed by atoms with van der Waals surface area (Å²) in [7, 11) is 0. The number of amides is 1. The van der Waals surface area contributed by atoms with Crippen LogP contribution < -0.4 is 0 Å². The average Bonchev–Trinajstić information content (AvgIpc) is 3.37. The summed E-state index contributed by atoms with van der Waals surface area (Å²) in [5.41, 5.74) is 1.03. The third-order valence-corrected chi connectivity index (χ3v) is 7.12. The van der Waals surface area contributed by atoms with E-state index in [-0.39, 0.29) is 23.7 Å². The van der Waals surface area contributed by atoms with Crippen LogP contribution in [0.15, 0.2) is 27.2 Å². The third kappa shape index (κ3) is 4.06. The Kier molecular flexibility index (Phi) is 5.22. The first-order valence-electron chi connectivity index (χ1n) is 10.3. The number of aromatic nitrogens is 4. The zero-order valence-electron chi connectivity index (χ0n) is 17.0. The predicted molar refractivity (Wildman–Crippen MR) is 113 cm³/mol. The van der Waals surface area contributed by atoms with Gasteiger partial charge in [0.15, 0.2) is 5.82 Å². The van der Waals surface area contributed by atoms with Crippen LogP contribution in [0, 0.1) is 12.3 Å². The molecule has 10 heteroatoms.